The maximum atomic E-state index is 12.5. The first-order valence-corrected chi connectivity index (χ1v) is 7.48. The smallest absolute Gasteiger partial charge is 0.257 e. The normalized spacial score (nSPS) is 18.8. The van der Waals surface area contributed by atoms with E-state index in [1.165, 1.54) is 12.1 Å². The van der Waals surface area contributed by atoms with Gasteiger partial charge in [-0.15, -0.1) is 0 Å². The van der Waals surface area contributed by atoms with Gasteiger partial charge in [-0.2, -0.15) is 0 Å². The first-order valence-electron chi connectivity index (χ1n) is 7.10. The van der Waals surface area contributed by atoms with Crippen LogP contribution in [0.3, 0.4) is 0 Å². The average molecular weight is 297 g/mol. The minimum atomic E-state index is -0.155. The summed E-state index contributed by atoms with van der Waals surface area (Å²) in [7, 11) is 0. The molecule has 1 heterocycles. The molecule has 110 valence electrons. The van der Waals surface area contributed by atoms with Crippen LogP contribution in [0.15, 0.2) is 18.2 Å². The molecule has 2 N–H and O–H groups in total. The van der Waals surface area contributed by atoms with Gasteiger partial charge in [-0.05, 0) is 57.0 Å². The number of amides is 1. The van der Waals surface area contributed by atoms with Crippen molar-refractivity contribution in [2.75, 3.05) is 26.2 Å². The molecule has 4 nitrogen and oxygen atoms in total. The molecule has 1 saturated heterocycles. The van der Waals surface area contributed by atoms with Crippen LogP contribution in [0.25, 0.3) is 0 Å². The first kappa shape index (κ1) is 15.1. The number of aromatic hydroxyl groups is 1. The number of piperidine rings is 1. The summed E-state index contributed by atoms with van der Waals surface area (Å²) < 4.78 is 0. The minimum Gasteiger partial charge on any atom is -0.507 e. The predicted molar refractivity (Wildman–Crippen MR) is 80.3 cm³/mol. The van der Waals surface area contributed by atoms with Gasteiger partial charge in [-0.1, -0.05) is 11.6 Å². The Morgan fingerprint density at radius 2 is 2.35 bits per heavy atom. The second-order valence-corrected chi connectivity index (χ2v) is 5.65. The van der Waals surface area contributed by atoms with Crippen LogP contribution in [-0.4, -0.2) is 42.1 Å². The Hall–Kier alpha value is -1.26. The van der Waals surface area contributed by atoms with Gasteiger partial charge >= 0.3 is 0 Å². The van der Waals surface area contributed by atoms with Crippen molar-refractivity contribution in [2.45, 2.75) is 19.8 Å². The number of carbonyl (C=O) groups excluding carboxylic acids is 1. The highest BCUT2D eigenvalue weighted by Crippen LogP contribution is 2.23. The number of phenolic OH excluding ortho intramolecular Hbond substituents is 1. The van der Waals surface area contributed by atoms with E-state index >= 15 is 0 Å². The van der Waals surface area contributed by atoms with Crippen LogP contribution < -0.4 is 5.32 Å². The Bertz CT molecular complexity index is 473. The Balaban J connectivity index is 2.09. The van der Waals surface area contributed by atoms with Crippen LogP contribution in [0.4, 0.5) is 0 Å². The molecular formula is C15H21ClN2O2. The Morgan fingerprint density at radius 3 is 3.00 bits per heavy atom. The summed E-state index contributed by atoms with van der Waals surface area (Å²) in [6.07, 6.45) is 2.29. The molecule has 1 amide bonds. The molecule has 1 aromatic rings. The molecule has 0 radical (unpaired) electrons. The predicted octanol–water partition coefficient (Wildman–Crippen LogP) is 2.51. The largest absolute Gasteiger partial charge is 0.507 e. The van der Waals surface area contributed by atoms with Gasteiger partial charge in [0, 0.05) is 18.1 Å². The summed E-state index contributed by atoms with van der Waals surface area (Å²) in [5.74, 6) is 0.312. The molecule has 1 fully saturated rings. The average Bonchev–Trinajstić information content (AvgIpc) is 2.47. The standard InChI is InChI=1S/C15H21ClN2O2/c1-2-18(10-11-4-3-7-17-9-11)15(20)13-8-12(16)5-6-14(13)19/h5-6,8,11,17,19H,2-4,7,9-10H2,1H3. The highest BCUT2D eigenvalue weighted by Gasteiger charge is 2.22. The minimum absolute atomic E-state index is 0.0142. The van der Waals surface area contributed by atoms with Crippen molar-refractivity contribution in [2.24, 2.45) is 5.92 Å². The molecular weight excluding hydrogens is 276 g/mol. The lowest BCUT2D eigenvalue weighted by molar-refractivity contribution is 0.0726. The number of hydrogen-bond donors (Lipinski definition) is 2. The fourth-order valence-electron chi connectivity index (χ4n) is 2.60. The zero-order valence-electron chi connectivity index (χ0n) is 11.7. The molecule has 1 aromatic carbocycles. The van der Waals surface area contributed by atoms with E-state index in [-0.39, 0.29) is 17.2 Å². The summed E-state index contributed by atoms with van der Waals surface area (Å²) in [5, 5.41) is 13.7. The van der Waals surface area contributed by atoms with Crippen LogP contribution in [-0.2, 0) is 0 Å². The lowest BCUT2D eigenvalue weighted by Gasteiger charge is -2.29. The van der Waals surface area contributed by atoms with Crippen LogP contribution in [0.1, 0.15) is 30.1 Å². The van der Waals surface area contributed by atoms with E-state index in [0.29, 0.717) is 24.0 Å². The molecule has 2 rings (SSSR count). The van der Waals surface area contributed by atoms with Crippen molar-refractivity contribution < 1.29 is 9.90 Å². The fraction of sp³-hybridized carbons (Fsp3) is 0.533. The van der Waals surface area contributed by atoms with Crippen LogP contribution in [0.5, 0.6) is 5.75 Å². The molecule has 20 heavy (non-hydrogen) atoms. The number of nitrogens with zero attached hydrogens (tertiary/aromatic N) is 1. The zero-order chi connectivity index (χ0) is 14.5. The van der Waals surface area contributed by atoms with Gasteiger partial charge in [-0.3, -0.25) is 4.79 Å². The fourth-order valence-corrected chi connectivity index (χ4v) is 2.77. The van der Waals surface area contributed by atoms with Crippen molar-refractivity contribution in [3.63, 3.8) is 0 Å². The van der Waals surface area contributed by atoms with Gasteiger partial charge in [0.25, 0.3) is 5.91 Å². The molecule has 0 aromatic heterocycles. The second kappa shape index (κ2) is 6.95. The number of rotatable bonds is 4. The maximum Gasteiger partial charge on any atom is 0.257 e. The summed E-state index contributed by atoms with van der Waals surface area (Å²) in [6, 6.07) is 4.57. The van der Waals surface area contributed by atoms with E-state index in [1.807, 2.05) is 6.92 Å². The topological polar surface area (TPSA) is 52.6 Å². The van der Waals surface area contributed by atoms with Crippen molar-refractivity contribution in [1.29, 1.82) is 0 Å². The molecule has 0 saturated carbocycles. The summed E-state index contributed by atoms with van der Waals surface area (Å²) >= 11 is 5.91. The molecule has 0 bridgehead atoms. The van der Waals surface area contributed by atoms with Crippen LogP contribution in [0, 0.1) is 5.92 Å². The number of nitrogens with one attached hydrogen (secondary N) is 1. The summed E-state index contributed by atoms with van der Waals surface area (Å²) in [6.45, 7) is 5.31. The molecule has 0 aliphatic carbocycles. The van der Waals surface area contributed by atoms with E-state index in [1.54, 1.807) is 11.0 Å². The van der Waals surface area contributed by atoms with E-state index in [4.69, 9.17) is 11.6 Å². The molecule has 1 aliphatic heterocycles. The molecule has 0 spiro atoms. The Morgan fingerprint density at radius 1 is 1.55 bits per heavy atom. The highest BCUT2D eigenvalue weighted by molar-refractivity contribution is 6.31. The number of carbonyl (C=O) groups is 1. The summed E-state index contributed by atoms with van der Waals surface area (Å²) in [4.78, 5) is 14.3. The lowest BCUT2D eigenvalue weighted by atomic mass is 9.98. The van der Waals surface area contributed by atoms with Gasteiger partial charge in [0.05, 0.1) is 5.56 Å². The number of hydrogen-bond acceptors (Lipinski definition) is 3. The molecule has 1 unspecified atom stereocenters. The third-order valence-electron chi connectivity index (χ3n) is 3.74. The van der Waals surface area contributed by atoms with Gasteiger partial charge in [0.15, 0.2) is 0 Å². The SMILES string of the molecule is CCN(CC1CCCNC1)C(=O)c1cc(Cl)ccc1O. The van der Waals surface area contributed by atoms with Crippen molar-refractivity contribution in [1.82, 2.24) is 10.2 Å². The third kappa shape index (κ3) is 3.64. The van der Waals surface area contributed by atoms with Gasteiger partial charge < -0.3 is 15.3 Å². The van der Waals surface area contributed by atoms with Crippen LogP contribution in [0.2, 0.25) is 5.02 Å². The number of phenols is 1. The first-order chi connectivity index (χ1) is 9.61. The van der Waals surface area contributed by atoms with E-state index in [2.05, 4.69) is 5.32 Å². The number of halogens is 1. The van der Waals surface area contributed by atoms with Crippen molar-refractivity contribution in [3.8, 4) is 5.75 Å². The van der Waals surface area contributed by atoms with E-state index in [9.17, 15) is 9.90 Å². The molecule has 1 aliphatic rings. The van der Waals surface area contributed by atoms with Crippen LogP contribution >= 0.6 is 11.6 Å². The maximum absolute atomic E-state index is 12.5. The zero-order valence-corrected chi connectivity index (χ0v) is 12.5. The molecule has 1 atom stereocenters. The van der Waals surface area contributed by atoms with Gasteiger partial charge in [-0.25, -0.2) is 0 Å². The summed E-state index contributed by atoms with van der Waals surface area (Å²) in [5.41, 5.74) is 0.281. The van der Waals surface area contributed by atoms with E-state index in [0.717, 1.165) is 25.9 Å². The van der Waals surface area contributed by atoms with Crippen molar-refractivity contribution in [3.05, 3.63) is 28.8 Å². The van der Waals surface area contributed by atoms with E-state index < -0.39 is 0 Å². The Kier molecular flexibility index (Phi) is 5.26. The lowest BCUT2D eigenvalue weighted by Crippen LogP contribution is -2.41. The molecule has 5 heteroatoms. The Labute approximate surface area is 124 Å². The van der Waals surface area contributed by atoms with Gasteiger partial charge in [0.1, 0.15) is 5.75 Å². The monoisotopic (exact) mass is 296 g/mol. The highest BCUT2D eigenvalue weighted by atomic mass is 35.5. The quantitative estimate of drug-likeness (QED) is 0.897. The number of benzene rings is 1. The second-order valence-electron chi connectivity index (χ2n) is 5.22. The van der Waals surface area contributed by atoms with Gasteiger partial charge in [0.2, 0.25) is 0 Å². The third-order valence-corrected chi connectivity index (χ3v) is 3.97. The van der Waals surface area contributed by atoms with Crippen molar-refractivity contribution >= 4 is 17.5 Å².